The lowest BCUT2D eigenvalue weighted by atomic mass is 10.2. The SMILES string of the molecule is COCC(O)CNC(=O)c1sc2ccc(Br)cc2c1N. The van der Waals surface area contributed by atoms with Crippen LogP contribution in [0.25, 0.3) is 10.1 Å². The number of carbonyl (C=O) groups excluding carboxylic acids is 1. The number of thiophene rings is 1. The Bertz CT molecular complexity index is 629. The molecule has 0 aliphatic heterocycles. The van der Waals surface area contributed by atoms with Crippen molar-refractivity contribution in [2.45, 2.75) is 6.10 Å². The average Bonchev–Trinajstić information content (AvgIpc) is 2.74. The Morgan fingerprint density at radius 3 is 3.05 bits per heavy atom. The number of nitrogens with one attached hydrogen (secondary N) is 1. The Morgan fingerprint density at radius 2 is 2.35 bits per heavy atom. The molecule has 0 saturated heterocycles. The highest BCUT2D eigenvalue weighted by Gasteiger charge is 2.17. The van der Waals surface area contributed by atoms with Gasteiger partial charge in [0, 0.05) is 28.2 Å². The van der Waals surface area contributed by atoms with Crippen LogP contribution in [0.2, 0.25) is 0 Å². The first kappa shape index (κ1) is 15.2. The molecule has 0 spiro atoms. The maximum Gasteiger partial charge on any atom is 0.263 e. The van der Waals surface area contributed by atoms with E-state index in [2.05, 4.69) is 21.2 Å². The van der Waals surface area contributed by atoms with E-state index >= 15 is 0 Å². The Kier molecular flexibility index (Phi) is 4.98. The van der Waals surface area contributed by atoms with E-state index in [1.165, 1.54) is 18.4 Å². The van der Waals surface area contributed by atoms with E-state index in [1.54, 1.807) is 0 Å². The molecule has 0 bridgehead atoms. The van der Waals surface area contributed by atoms with Gasteiger partial charge in [0.25, 0.3) is 5.91 Å². The highest BCUT2D eigenvalue weighted by molar-refractivity contribution is 9.10. The molecule has 0 saturated carbocycles. The summed E-state index contributed by atoms with van der Waals surface area (Å²) in [5.41, 5.74) is 6.48. The van der Waals surface area contributed by atoms with E-state index in [0.29, 0.717) is 10.6 Å². The second kappa shape index (κ2) is 6.53. The van der Waals surface area contributed by atoms with Crippen molar-refractivity contribution in [3.05, 3.63) is 27.5 Å². The summed E-state index contributed by atoms with van der Waals surface area (Å²) >= 11 is 4.72. The van der Waals surface area contributed by atoms with Crippen LogP contribution in [-0.4, -0.2) is 37.4 Å². The van der Waals surface area contributed by atoms with Crippen molar-refractivity contribution in [2.75, 3.05) is 26.0 Å². The van der Waals surface area contributed by atoms with E-state index in [4.69, 9.17) is 10.5 Å². The summed E-state index contributed by atoms with van der Waals surface area (Å²) in [6.07, 6.45) is -0.728. The summed E-state index contributed by atoms with van der Waals surface area (Å²) in [7, 11) is 1.49. The maximum atomic E-state index is 12.1. The molecule has 2 aromatic rings. The van der Waals surface area contributed by atoms with Crippen molar-refractivity contribution in [2.24, 2.45) is 0 Å². The lowest BCUT2D eigenvalue weighted by molar-refractivity contribution is 0.0611. The lowest BCUT2D eigenvalue weighted by Crippen LogP contribution is -2.34. The lowest BCUT2D eigenvalue weighted by Gasteiger charge is -2.10. The first-order valence-electron chi connectivity index (χ1n) is 5.95. The zero-order valence-corrected chi connectivity index (χ0v) is 13.3. The van der Waals surface area contributed by atoms with Gasteiger partial charge >= 0.3 is 0 Å². The number of carbonyl (C=O) groups is 1. The molecule has 0 radical (unpaired) electrons. The number of methoxy groups -OCH3 is 1. The van der Waals surface area contributed by atoms with Crippen LogP contribution in [0.4, 0.5) is 5.69 Å². The molecule has 1 atom stereocenters. The topological polar surface area (TPSA) is 84.6 Å². The fraction of sp³-hybridized carbons (Fsp3) is 0.308. The van der Waals surface area contributed by atoms with E-state index in [9.17, 15) is 9.90 Å². The zero-order chi connectivity index (χ0) is 14.7. The van der Waals surface area contributed by atoms with Crippen molar-refractivity contribution in [3.8, 4) is 0 Å². The molecule has 20 heavy (non-hydrogen) atoms. The van der Waals surface area contributed by atoms with Gasteiger partial charge in [-0.05, 0) is 18.2 Å². The summed E-state index contributed by atoms with van der Waals surface area (Å²) in [6.45, 7) is 0.305. The minimum atomic E-state index is -0.728. The van der Waals surface area contributed by atoms with E-state index in [-0.39, 0.29) is 19.1 Å². The number of hydrogen-bond acceptors (Lipinski definition) is 5. The van der Waals surface area contributed by atoms with E-state index in [1.807, 2.05) is 18.2 Å². The standard InChI is InChI=1S/C13H15BrN2O3S/c1-19-6-8(17)5-16-13(18)12-11(15)9-4-7(14)2-3-10(9)20-12/h2-4,8,17H,5-6,15H2,1H3,(H,16,18). The summed E-state index contributed by atoms with van der Waals surface area (Å²) < 4.78 is 6.66. The Labute approximate surface area is 128 Å². The average molecular weight is 359 g/mol. The zero-order valence-electron chi connectivity index (χ0n) is 10.9. The van der Waals surface area contributed by atoms with Crippen LogP contribution >= 0.6 is 27.3 Å². The molecule has 1 unspecified atom stereocenters. The Morgan fingerprint density at radius 1 is 1.60 bits per heavy atom. The summed E-state index contributed by atoms with van der Waals surface area (Å²) in [6, 6.07) is 5.71. The smallest absolute Gasteiger partial charge is 0.263 e. The van der Waals surface area contributed by atoms with Crippen molar-refractivity contribution < 1.29 is 14.6 Å². The molecule has 1 aromatic heterocycles. The predicted molar refractivity (Wildman–Crippen MR) is 84.2 cm³/mol. The van der Waals surface area contributed by atoms with Crippen molar-refractivity contribution in [1.82, 2.24) is 5.32 Å². The summed E-state index contributed by atoms with van der Waals surface area (Å²) in [4.78, 5) is 12.5. The number of aliphatic hydroxyl groups excluding tert-OH is 1. The molecule has 4 N–H and O–H groups in total. The maximum absolute atomic E-state index is 12.1. The number of hydrogen-bond donors (Lipinski definition) is 3. The fourth-order valence-corrected chi connectivity index (χ4v) is 3.18. The largest absolute Gasteiger partial charge is 0.397 e. The Hall–Kier alpha value is -1.15. The number of amides is 1. The van der Waals surface area contributed by atoms with Crippen LogP contribution < -0.4 is 11.1 Å². The van der Waals surface area contributed by atoms with Crippen molar-refractivity contribution in [1.29, 1.82) is 0 Å². The predicted octanol–water partition coefficient (Wildman–Crippen LogP) is 1.98. The van der Waals surface area contributed by atoms with Crippen LogP contribution in [0.5, 0.6) is 0 Å². The normalized spacial score (nSPS) is 12.6. The molecule has 0 aliphatic rings. The highest BCUT2D eigenvalue weighted by atomic mass is 79.9. The van der Waals surface area contributed by atoms with Crippen molar-refractivity contribution >= 4 is 48.9 Å². The second-order valence-electron chi connectivity index (χ2n) is 4.30. The number of aliphatic hydroxyl groups is 1. The van der Waals surface area contributed by atoms with E-state index < -0.39 is 6.10 Å². The van der Waals surface area contributed by atoms with Crippen LogP contribution in [-0.2, 0) is 4.74 Å². The first-order chi connectivity index (χ1) is 9.52. The molecular formula is C13H15BrN2O3S. The number of anilines is 1. The molecule has 0 aliphatic carbocycles. The summed E-state index contributed by atoms with van der Waals surface area (Å²) in [5, 5.41) is 13.0. The number of halogens is 1. The quantitative estimate of drug-likeness (QED) is 0.762. The van der Waals surface area contributed by atoms with Crippen LogP contribution in [0.1, 0.15) is 9.67 Å². The summed E-state index contributed by atoms with van der Waals surface area (Å²) in [5.74, 6) is -0.282. The number of fused-ring (bicyclic) bond motifs is 1. The number of rotatable bonds is 5. The highest BCUT2D eigenvalue weighted by Crippen LogP contribution is 2.35. The molecular weight excluding hydrogens is 344 g/mol. The van der Waals surface area contributed by atoms with Gasteiger partial charge in [0.1, 0.15) is 4.88 Å². The van der Waals surface area contributed by atoms with Gasteiger partial charge in [-0.15, -0.1) is 11.3 Å². The van der Waals surface area contributed by atoms with Gasteiger partial charge in [-0.25, -0.2) is 0 Å². The molecule has 1 heterocycles. The minimum absolute atomic E-state index is 0.129. The molecule has 108 valence electrons. The van der Waals surface area contributed by atoms with Crippen LogP contribution in [0.15, 0.2) is 22.7 Å². The Balaban J connectivity index is 2.16. The van der Waals surface area contributed by atoms with Gasteiger partial charge in [0.05, 0.1) is 18.4 Å². The van der Waals surface area contributed by atoms with Crippen molar-refractivity contribution in [3.63, 3.8) is 0 Å². The third-order valence-corrected chi connectivity index (χ3v) is 4.43. The first-order valence-corrected chi connectivity index (χ1v) is 7.56. The third kappa shape index (κ3) is 3.29. The van der Waals surface area contributed by atoms with Crippen LogP contribution in [0.3, 0.4) is 0 Å². The molecule has 1 amide bonds. The molecule has 5 nitrogen and oxygen atoms in total. The van der Waals surface area contributed by atoms with Gasteiger partial charge in [-0.1, -0.05) is 15.9 Å². The number of ether oxygens (including phenoxy) is 1. The molecule has 2 rings (SSSR count). The van der Waals surface area contributed by atoms with Gasteiger partial charge in [0.2, 0.25) is 0 Å². The molecule has 0 fully saturated rings. The molecule has 7 heteroatoms. The number of nitrogen functional groups attached to an aromatic ring is 1. The van der Waals surface area contributed by atoms with Gasteiger partial charge in [-0.3, -0.25) is 4.79 Å². The third-order valence-electron chi connectivity index (χ3n) is 2.75. The fourth-order valence-electron chi connectivity index (χ4n) is 1.80. The van der Waals surface area contributed by atoms with Gasteiger partial charge in [0.15, 0.2) is 0 Å². The minimum Gasteiger partial charge on any atom is -0.397 e. The van der Waals surface area contributed by atoms with Gasteiger partial charge in [-0.2, -0.15) is 0 Å². The van der Waals surface area contributed by atoms with Crippen LogP contribution in [0, 0.1) is 0 Å². The van der Waals surface area contributed by atoms with Gasteiger partial charge < -0.3 is 20.9 Å². The molecule has 1 aromatic carbocycles. The van der Waals surface area contributed by atoms with E-state index in [0.717, 1.165) is 14.6 Å². The monoisotopic (exact) mass is 358 g/mol. The number of benzene rings is 1. The second-order valence-corrected chi connectivity index (χ2v) is 6.27. The number of nitrogens with two attached hydrogens (primary N) is 1.